The number of Topliss-reactive ketones (excluding diaryl/α,β-unsaturated/α-hetero) is 1. The second-order valence-electron chi connectivity index (χ2n) is 9.86. The molecule has 0 unspecified atom stereocenters. The maximum absolute atomic E-state index is 13.6. The van der Waals surface area contributed by atoms with Crippen molar-refractivity contribution in [2.75, 3.05) is 6.61 Å². The molecule has 3 aliphatic rings. The van der Waals surface area contributed by atoms with Gasteiger partial charge in [-0.1, -0.05) is 36.4 Å². The Hall–Kier alpha value is -2.90. The van der Waals surface area contributed by atoms with E-state index in [1.54, 1.807) is 6.92 Å². The van der Waals surface area contributed by atoms with Gasteiger partial charge in [0.2, 0.25) is 0 Å². The molecule has 7 nitrogen and oxygen atoms in total. The zero-order chi connectivity index (χ0) is 23.9. The van der Waals surface area contributed by atoms with Crippen molar-refractivity contribution in [3.8, 4) is 11.5 Å². The highest BCUT2D eigenvalue weighted by atomic mass is 16.6. The number of hydrogen-bond donors (Lipinski definition) is 1. The number of aliphatic hydroxyl groups is 1. The van der Waals surface area contributed by atoms with Crippen LogP contribution in [0.4, 0.5) is 0 Å². The Morgan fingerprint density at radius 3 is 2.29 bits per heavy atom. The maximum atomic E-state index is 13.6. The number of carbonyl (C=O) groups excluding carboxylic acids is 2. The van der Waals surface area contributed by atoms with Gasteiger partial charge in [-0.25, -0.2) is 0 Å². The SMILES string of the molecule is C[C@@]12CCC(=O)[C@@](C)(Oc3ccccc3)C[C@H](Oc3ccccc3)[C@@H]3[C@H](OC(=O)[C@H]3CO)[C@H]1O2. The third-order valence-corrected chi connectivity index (χ3v) is 7.41. The van der Waals surface area contributed by atoms with E-state index in [1.807, 2.05) is 67.6 Å². The minimum absolute atomic E-state index is 0.0577. The van der Waals surface area contributed by atoms with Crippen molar-refractivity contribution in [3.63, 3.8) is 0 Å². The number of epoxide rings is 1. The van der Waals surface area contributed by atoms with Gasteiger partial charge in [-0.05, 0) is 44.5 Å². The van der Waals surface area contributed by atoms with E-state index in [2.05, 4.69) is 0 Å². The average Bonchev–Trinajstić information content (AvgIpc) is 3.39. The molecule has 0 radical (unpaired) electrons. The van der Waals surface area contributed by atoms with Crippen molar-refractivity contribution in [2.45, 2.75) is 62.6 Å². The predicted octanol–water partition coefficient (Wildman–Crippen LogP) is 3.33. The van der Waals surface area contributed by atoms with Crippen LogP contribution in [0.1, 0.15) is 33.1 Å². The van der Waals surface area contributed by atoms with Gasteiger partial charge >= 0.3 is 5.97 Å². The third-order valence-electron chi connectivity index (χ3n) is 7.41. The van der Waals surface area contributed by atoms with Gasteiger partial charge in [-0.2, -0.15) is 0 Å². The lowest BCUT2D eigenvalue weighted by atomic mass is 9.75. The normalized spacial score (nSPS) is 37.2. The molecule has 2 aromatic carbocycles. The second kappa shape index (κ2) is 8.71. The number of ether oxygens (including phenoxy) is 4. The first-order valence-corrected chi connectivity index (χ1v) is 11.8. The summed E-state index contributed by atoms with van der Waals surface area (Å²) in [5, 5.41) is 10.1. The molecule has 2 aromatic rings. The number of esters is 1. The molecule has 2 saturated heterocycles. The molecular formula is C27H30O7. The molecule has 7 atom stereocenters. The third kappa shape index (κ3) is 4.18. The number of para-hydroxylation sites is 2. The Morgan fingerprint density at radius 1 is 1.00 bits per heavy atom. The molecule has 0 spiro atoms. The Kier molecular flexibility index (Phi) is 5.86. The van der Waals surface area contributed by atoms with Crippen molar-refractivity contribution >= 4 is 11.8 Å². The number of aliphatic hydroxyl groups excluding tert-OH is 1. The molecule has 0 aromatic heterocycles. The zero-order valence-corrected chi connectivity index (χ0v) is 19.4. The van der Waals surface area contributed by atoms with Crippen LogP contribution < -0.4 is 9.47 Å². The lowest BCUT2D eigenvalue weighted by molar-refractivity contribution is -0.145. The van der Waals surface area contributed by atoms with Crippen LogP contribution >= 0.6 is 0 Å². The van der Waals surface area contributed by atoms with Crippen molar-refractivity contribution in [1.82, 2.24) is 0 Å². The van der Waals surface area contributed by atoms with Crippen molar-refractivity contribution in [2.24, 2.45) is 11.8 Å². The summed E-state index contributed by atoms with van der Waals surface area (Å²) in [6.07, 6.45) is -0.597. The fourth-order valence-electron chi connectivity index (χ4n) is 5.39. The number of hydrogen-bond acceptors (Lipinski definition) is 7. The Labute approximate surface area is 199 Å². The van der Waals surface area contributed by atoms with Crippen LogP contribution in [0.2, 0.25) is 0 Å². The number of rotatable bonds is 5. The fourth-order valence-corrected chi connectivity index (χ4v) is 5.39. The molecular weight excluding hydrogens is 436 g/mol. The van der Waals surface area contributed by atoms with E-state index in [0.29, 0.717) is 17.9 Å². The van der Waals surface area contributed by atoms with Gasteiger partial charge in [-0.3, -0.25) is 9.59 Å². The molecule has 2 heterocycles. The maximum Gasteiger partial charge on any atom is 0.312 e. The summed E-state index contributed by atoms with van der Waals surface area (Å²) in [5.74, 6) is -0.620. The Balaban J connectivity index is 1.56. The van der Waals surface area contributed by atoms with Gasteiger partial charge in [0, 0.05) is 12.8 Å². The van der Waals surface area contributed by atoms with Crippen molar-refractivity contribution in [3.05, 3.63) is 60.7 Å². The average molecular weight is 467 g/mol. The number of ketones is 1. The van der Waals surface area contributed by atoms with Crippen LogP contribution in [0.3, 0.4) is 0 Å². The quantitative estimate of drug-likeness (QED) is 0.534. The molecule has 34 heavy (non-hydrogen) atoms. The Morgan fingerprint density at radius 2 is 1.65 bits per heavy atom. The molecule has 1 aliphatic carbocycles. The summed E-state index contributed by atoms with van der Waals surface area (Å²) < 4.78 is 24.5. The highest BCUT2D eigenvalue weighted by molar-refractivity contribution is 5.87. The highest BCUT2D eigenvalue weighted by Gasteiger charge is 2.66. The smallest absolute Gasteiger partial charge is 0.312 e. The monoisotopic (exact) mass is 466 g/mol. The summed E-state index contributed by atoms with van der Waals surface area (Å²) in [6.45, 7) is 3.34. The zero-order valence-electron chi connectivity index (χ0n) is 19.4. The minimum Gasteiger partial charge on any atom is -0.490 e. The standard InChI is InChI=1S/C27H30O7/c1-26-14-13-21(29)27(2,33-18-11-7-4-8-12-18)15-20(31-17-9-5-3-6-10-17)22-19(16-28)25(30)32-23(22)24(26)34-26/h3-12,19-20,22-24,28H,13-16H2,1-2H3/t19-,20-,22+,23-,24+,26+,27-/m0/s1. The van der Waals surface area contributed by atoms with E-state index in [9.17, 15) is 14.7 Å². The van der Waals surface area contributed by atoms with Crippen LogP contribution in [0.5, 0.6) is 11.5 Å². The first-order valence-electron chi connectivity index (χ1n) is 11.8. The molecule has 180 valence electrons. The van der Waals surface area contributed by atoms with Crippen LogP contribution in [0.25, 0.3) is 0 Å². The van der Waals surface area contributed by atoms with E-state index >= 15 is 0 Å². The van der Waals surface area contributed by atoms with Gasteiger partial charge in [0.1, 0.15) is 29.8 Å². The van der Waals surface area contributed by atoms with Crippen molar-refractivity contribution < 1.29 is 33.6 Å². The molecule has 1 N–H and O–H groups in total. The number of fused-ring (bicyclic) bond motifs is 3. The van der Waals surface area contributed by atoms with Gasteiger partial charge < -0.3 is 24.1 Å². The van der Waals surface area contributed by atoms with E-state index in [1.165, 1.54) is 0 Å². The van der Waals surface area contributed by atoms with E-state index in [4.69, 9.17) is 18.9 Å². The molecule has 1 saturated carbocycles. The molecule has 0 amide bonds. The number of benzene rings is 2. The van der Waals surface area contributed by atoms with Crippen LogP contribution in [-0.2, 0) is 19.1 Å². The second-order valence-corrected chi connectivity index (χ2v) is 9.86. The van der Waals surface area contributed by atoms with Gasteiger partial charge in [0.25, 0.3) is 0 Å². The number of carbonyl (C=O) groups is 2. The lowest BCUT2D eigenvalue weighted by Crippen LogP contribution is -2.51. The van der Waals surface area contributed by atoms with E-state index in [0.717, 1.165) is 0 Å². The van der Waals surface area contributed by atoms with E-state index < -0.39 is 41.2 Å². The van der Waals surface area contributed by atoms with Crippen LogP contribution in [0, 0.1) is 11.8 Å². The highest BCUT2D eigenvalue weighted by Crippen LogP contribution is 2.51. The minimum atomic E-state index is -1.21. The Bertz CT molecular complexity index is 1040. The first kappa shape index (κ1) is 22.9. The predicted molar refractivity (Wildman–Crippen MR) is 122 cm³/mol. The molecule has 5 rings (SSSR count). The molecule has 0 bridgehead atoms. The summed E-state index contributed by atoms with van der Waals surface area (Å²) in [7, 11) is 0. The summed E-state index contributed by atoms with van der Waals surface area (Å²) >= 11 is 0. The van der Waals surface area contributed by atoms with Crippen LogP contribution in [-0.4, -0.2) is 53.0 Å². The van der Waals surface area contributed by atoms with Crippen molar-refractivity contribution in [1.29, 1.82) is 0 Å². The molecule has 7 heteroatoms. The van der Waals surface area contributed by atoms with Crippen LogP contribution in [0.15, 0.2) is 60.7 Å². The topological polar surface area (TPSA) is 94.6 Å². The molecule has 3 fully saturated rings. The van der Waals surface area contributed by atoms with E-state index in [-0.39, 0.29) is 31.3 Å². The van der Waals surface area contributed by atoms with Gasteiger partial charge in [-0.15, -0.1) is 0 Å². The fraction of sp³-hybridized carbons (Fsp3) is 0.481. The first-order chi connectivity index (χ1) is 16.3. The summed E-state index contributed by atoms with van der Waals surface area (Å²) in [6, 6.07) is 18.5. The largest absolute Gasteiger partial charge is 0.490 e. The van der Waals surface area contributed by atoms with Gasteiger partial charge in [0.15, 0.2) is 11.4 Å². The summed E-state index contributed by atoms with van der Waals surface area (Å²) in [4.78, 5) is 26.3. The lowest BCUT2D eigenvalue weighted by Gasteiger charge is -2.37. The summed E-state index contributed by atoms with van der Waals surface area (Å²) in [5.41, 5.74) is -1.79. The molecule has 2 aliphatic heterocycles. The van der Waals surface area contributed by atoms with Gasteiger partial charge in [0.05, 0.1) is 24.0 Å².